The molecule has 0 heterocycles. The number of rotatable bonds is 6. The number of carbonyl (C=O) groups is 1. The van der Waals surface area contributed by atoms with Gasteiger partial charge in [0.15, 0.2) is 0 Å². The second kappa shape index (κ2) is 7.14. The predicted octanol–water partition coefficient (Wildman–Crippen LogP) is 1.68. The van der Waals surface area contributed by atoms with E-state index in [9.17, 15) is 4.79 Å². The number of nitrogens with zero attached hydrogens (tertiary/aromatic N) is 1. The van der Waals surface area contributed by atoms with Crippen molar-refractivity contribution in [3.8, 4) is 5.75 Å². The van der Waals surface area contributed by atoms with E-state index in [0.717, 1.165) is 12.2 Å². The quantitative estimate of drug-likeness (QED) is 0.850. The summed E-state index contributed by atoms with van der Waals surface area (Å²) in [5, 5.41) is 0. The lowest BCUT2D eigenvalue weighted by atomic mass is 10.0. The molecule has 0 aliphatic rings. The minimum absolute atomic E-state index is 0.0124. The number of carbonyl (C=O) groups excluding carboxylic acids is 1. The largest absolute Gasteiger partial charge is 0.497 e. The molecule has 4 nitrogen and oxygen atoms in total. The fourth-order valence-electron chi connectivity index (χ4n) is 2.13. The van der Waals surface area contributed by atoms with E-state index >= 15 is 0 Å². The zero-order valence-corrected chi connectivity index (χ0v) is 12.2. The van der Waals surface area contributed by atoms with Gasteiger partial charge in [-0.25, -0.2) is 0 Å². The van der Waals surface area contributed by atoms with Crippen LogP contribution in [0.15, 0.2) is 24.3 Å². The molecule has 2 unspecified atom stereocenters. The lowest BCUT2D eigenvalue weighted by Gasteiger charge is -2.23. The lowest BCUT2D eigenvalue weighted by molar-refractivity contribution is -0.131. The Balaban J connectivity index is 2.50. The first-order valence-electron chi connectivity index (χ1n) is 6.57. The molecule has 0 aliphatic heterocycles. The van der Waals surface area contributed by atoms with E-state index in [1.54, 1.807) is 26.0 Å². The lowest BCUT2D eigenvalue weighted by Crippen LogP contribution is -2.41. The van der Waals surface area contributed by atoms with Gasteiger partial charge in [0.2, 0.25) is 5.91 Å². The third-order valence-electron chi connectivity index (χ3n) is 3.09. The molecule has 2 N–H and O–H groups in total. The van der Waals surface area contributed by atoms with E-state index in [2.05, 4.69) is 19.1 Å². The summed E-state index contributed by atoms with van der Waals surface area (Å²) in [6, 6.07) is 7.60. The maximum Gasteiger partial charge on any atom is 0.238 e. The van der Waals surface area contributed by atoms with E-state index < -0.39 is 6.04 Å². The monoisotopic (exact) mass is 264 g/mol. The number of benzene rings is 1. The maximum absolute atomic E-state index is 11.7. The Morgan fingerprint density at radius 2 is 1.89 bits per heavy atom. The Morgan fingerprint density at radius 3 is 2.37 bits per heavy atom. The minimum Gasteiger partial charge on any atom is -0.497 e. The standard InChI is InChI=1S/C15H24N2O2/c1-11(10-17(3)15(18)12(2)16)9-13-5-7-14(19-4)8-6-13/h5-8,11-12H,9-10,16H2,1-4H3. The van der Waals surface area contributed by atoms with Gasteiger partial charge in [-0.15, -0.1) is 0 Å². The average molecular weight is 264 g/mol. The zero-order valence-electron chi connectivity index (χ0n) is 12.2. The van der Waals surface area contributed by atoms with Gasteiger partial charge in [0.25, 0.3) is 0 Å². The van der Waals surface area contributed by atoms with Gasteiger partial charge in [-0.3, -0.25) is 4.79 Å². The van der Waals surface area contributed by atoms with Crippen molar-refractivity contribution in [2.75, 3.05) is 20.7 Å². The van der Waals surface area contributed by atoms with Crippen LogP contribution in [0.25, 0.3) is 0 Å². The highest BCUT2D eigenvalue weighted by molar-refractivity contribution is 5.80. The van der Waals surface area contributed by atoms with E-state index in [0.29, 0.717) is 12.5 Å². The van der Waals surface area contributed by atoms with Gasteiger partial charge in [-0.2, -0.15) is 0 Å². The van der Waals surface area contributed by atoms with Crippen molar-refractivity contribution < 1.29 is 9.53 Å². The van der Waals surface area contributed by atoms with Crippen LogP contribution in [-0.2, 0) is 11.2 Å². The molecule has 0 aliphatic carbocycles. The summed E-state index contributed by atoms with van der Waals surface area (Å²) in [6.45, 7) is 4.56. The molecule has 2 atom stereocenters. The van der Waals surface area contributed by atoms with Crippen LogP contribution in [0.3, 0.4) is 0 Å². The molecular formula is C15H24N2O2. The predicted molar refractivity (Wildman–Crippen MR) is 77.1 cm³/mol. The van der Waals surface area contributed by atoms with Gasteiger partial charge < -0.3 is 15.4 Å². The van der Waals surface area contributed by atoms with Crippen LogP contribution >= 0.6 is 0 Å². The van der Waals surface area contributed by atoms with Crippen molar-refractivity contribution in [2.24, 2.45) is 11.7 Å². The molecule has 19 heavy (non-hydrogen) atoms. The molecule has 0 spiro atoms. The highest BCUT2D eigenvalue weighted by Gasteiger charge is 2.15. The smallest absolute Gasteiger partial charge is 0.238 e. The molecule has 0 saturated carbocycles. The van der Waals surface area contributed by atoms with Gasteiger partial charge in [0, 0.05) is 13.6 Å². The van der Waals surface area contributed by atoms with Gasteiger partial charge in [0.05, 0.1) is 13.2 Å². The van der Waals surface area contributed by atoms with Crippen LogP contribution in [-0.4, -0.2) is 37.6 Å². The Kier molecular flexibility index (Phi) is 5.83. The second-order valence-corrected chi connectivity index (χ2v) is 5.16. The Hall–Kier alpha value is -1.55. The number of ether oxygens (including phenoxy) is 1. The molecule has 1 rings (SSSR count). The minimum atomic E-state index is -0.432. The molecular weight excluding hydrogens is 240 g/mol. The summed E-state index contributed by atoms with van der Waals surface area (Å²) in [4.78, 5) is 13.4. The maximum atomic E-state index is 11.7. The van der Waals surface area contributed by atoms with E-state index in [4.69, 9.17) is 10.5 Å². The normalized spacial score (nSPS) is 13.7. The van der Waals surface area contributed by atoms with Crippen LogP contribution in [0.1, 0.15) is 19.4 Å². The molecule has 0 radical (unpaired) electrons. The molecule has 0 fully saturated rings. The fraction of sp³-hybridized carbons (Fsp3) is 0.533. The van der Waals surface area contributed by atoms with Crippen molar-refractivity contribution in [2.45, 2.75) is 26.3 Å². The highest BCUT2D eigenvalue weighted by atomic mass is 16.5. The Morgan fingerprint density at radius 1 is 1.32 bits per heavy atom. The molecule has 0 aromatic heterocycles. The third kappa shape index (κ3) is 4.91. The number of nitrogens with two attached hydrogens (primary N) is 1. The highest BCUT2D eigenvalue weighted by Crippen LogP contribution is 2.15. The first-order valence-corrected chi connectivity index (χ1v) is 6.57. The van der Waals surface area contributed by atoms with E-state index in [-0.39, 0.29) is 5.91 Å². The van der Waals surface area contributed by atoms with Crippen LogP contribution in [0.5, 0.6) is 5.75 Å². The summed E-state index contributed by atoms with van der Waals surface area (Å²) < 4.78 is 5.13. The van der Waals surface area contributed by atoms with Gasteiger partial charge in [-0.05, 0) is 37.0 Å². The van der Waals surface area contributed by atoms with Gasteiger partial charge >= 0.3 is 0 Å². The van der Waals surface area contributed by atoms with E-state index in [1.807, 2.05) is 12.1 Å². The molecule has 0 saturated heterocycles. The Bertz CT molecular complexity index is 401. The second-order valence-electron chi connectivity index (χ2n) is 5.16. The molecule has 1 aromatic carbocycles. The number of hydrogen-bond acceptors (Lipinski definition) is 3. The van der Waals surface area contributed by atoms with Crippen LogP contribution in [0, 0.1) is 5.92 Å². The van der Waals surface area contributed by atoms with Gasteiger partial charge in [0.1, 0.15) is 5.75 Å². The number of likely N-dealkylation sites (N-methyl/N-ethyl adjacent to an activating group) is 1. The van der Waals surface area contributed by atoms with Crippen molar-refractivity contribution >= 4 is 5.91 Å². The average Bonchev–Trinajstić information content (AvgIpc) is 2.38. The summed E-state index contributed by atoms with van der Waals surface area (Å²) in [7, 11) is 3.46. The van der Waals surface area contributed by atoms with Crippen molar-refractivity contribution in [1.29, 1.82) is 0 Å². The molecule has 1 amide bonds. The molecule has 106 valence electrons. The summed E-state index contributed by atoms with van der Waals surface area (Å²) in [5.74, 6) is 1.24. The molecule has 0 bridgehead atoms. The fourth-order valence-corrected chi connectivity index (χ4v) is 2.13. The van der Waals surface area contributed by atoms with Crippen molar-refractivity contribution in [1.82, 2.24) is 4.90 Å². The summed E-state index contributed by atoms with van der Waals surface area (Å²) in [6.07, 6.45) is 0.931. The third-order valence-corrected chi connectivity index (χ3v) is 3.09. The van der Waals surface area contributed by atoms with Gasteiger partial charge in [-0.1, -0.05) is 19.1 Å². The molecule has 4 heteroatoms. The van der Waals surface area contributed by atoms with Crippen LogP contribution in [0.4, 0.5) is 0 Å². The number of amides is 1. The topological polar surface area (TPSA) is 55.6 Å². The zero-order chi connectivity index (χ0) is 14.4. The summed E-state index contributed by atoms with van der Waals surface area (Å²) >= 11 is 0. The number of hydrogen-bond donors (Lipinski definition) is 1. The summed E-state index contributed by atoms with van der Waals surface area (Å²) in [5.41, 5.74) is 6.84. The van der Waals surface area contributed by atoms with Crippen molar-refractivity contribution in [3.05, 3.63) is 29.8 Å². The SMILES string of the molecule is COc1ccc(CC(C)CN(C)C(=O)C(C)N)cc1. The molecule has 1 aromatic rings. The first-order chi connectivity index (χ1) is 8.93. The first kappa shape index (κ1) is 15.5. The number of methoxy groups -OCH3 is 1. The van der Waals surface area contributed by atoms with E-state index in [1.165, 1.54) is 5.56 Å². The van der Waals surface area contributed by atoms with Crippen molar-refractivity contribution in [3.63, 3.8) is 0 Å². The van der Waals surface area contributed by atoms with Crippen LogP contribution in [0.2, 0.25) is 0 Å². The van der Waals surface area contributed by atoms with Crippen LogP contribution < -0.4 is 10.5 Å². The Labute approximate surface area is 115 Å².